The number of benzene rings is 12. The van der Waals surface area contributed by atoms with E-state index in [1.165, 1.54) is 49.6 Å². The van der Waals surface area contributed by atoms with Crippen molar-refractivity contribution in [3.05, 3.63) is 291 Å². The molecule has 2 heterocycles. The first-order chi connectivity index (χ1) is 37.2. The number of nitrogens with zero attached hydrogens (tertiary/aromatic N) is 2. The van der Waals surface area contributed by atoms with Crippen molar-refractivity contribution < 1.29 is 4.42 Å². The summed E-state index contributed by atoms with van der Waals surface area (Å²) in [4.78, 5) is 2.37. The number of anilines is 3. The molecule has 14 aromatic rings. The van der Waals surface area contributed by atoms with Crippen LogP contribution in [0.2, 0.25) is 0 Å². The fraction of sp³-hybridized carbons (Fsp3) is 0. The third-order valence-electron chi connectivity index (χ3n) is 14.9. The minimum Gasteiger partial charge on any atom is -0.455 e. The number of rotatable bonds is 10. The fourth-order valence-corrected chi connectivity index (χ4v) is 11.1. The first-order valence-electron chi connectivity index (χ1n) is 25.6. The summed E-state index contributed by atoms with van der Waals surface area (Å²) in [5, 5.41) is 4.75. The van der Waals surface area contributed by atoms with Gasteiger partial charge in [-0.2, -0.15) is 0 Å². The highest BCUT2D eigenvalue weighted by Crippen LogP contribution is 2.43. The van der Waals surface area contributed by atoms with E-state index in [2.05, 4.69) is 289 Å². The summed E-state index contributed by atoms with van der Waals surface area (Å²) in [6, 6.07) is 105. The van der Waals surface area contributed by atoms with Crippen LogP contribution >= 0.6 is 0 Å². The van der Waals surface area contributed by atoms with Crippen molar-refractivity contribution in [1.82, 2.24) is 4.57 Å². The van der Waals surface area contributed by atoms with E-state index in [1.807, 2.05) is 12.1 Å². The van der Waals surface area contributed by atoms with Crippen LogP contribution in [-0.2, 0) is 0 Å². The average molecular weight is 957 g/mol. The van der Waals surface area contributed by atoms with Gasteiger partial charge < -0.3 is 13.9 Å². The molecule has 2 aromatic heterocycles. The Labute approximate surface area is 436 Å². The van der Waals surface area contributed by atoms with Gasteiger partial charge in [-0.3, -0.25) is 0 Å². The predicted molar refractivity (Wildman–Crippen MR) is 315 cm³/mol. The quantitative estimate of drug-likeness (QED) is 0.136. The van der Waals surface area contributed by atoms with Gasteiger partial charge in [0.15, 0.2) is 0 Å². The van der Waals surface area contributed by atoms with Crippen molar-refractivity contribution in [1.29, 1.82) is 0 Å². The SMILES string of the molecule is c1ccc(-c2ccc(-c3cccc(N(c4ccc(-c5ccc(-c6cccc7c6oc6ccccc67)cc5)cc4)c4ccc(-c5ccc(-c6ccccc6)cc5-n5c6ccccc6c6ccccc65)cc4)c3)cc2)cc1. The molecule has 0 spiro atoms. The summed E-state index contributed by atoms with van der Waals surface area (Å²) < 4.78 is 8.85. The highest BCUT2D eigenvalue weighted by Gasteiger charge is 2.19. The molecule has 75 heavy (non-hydrogen) atoms. The zero-order valence-corrected chi connectivity index (χ0v) is 41.0. The summed E-state index contributed by atoms with van der Waals surface area (Å²) in [7, 11) is 0. The maximum Gasteiger partial charge on any atom is 0.143 e. The molecule has 3 heteroatoms. The number of hydrogen-bond donors (Lipinski definition) is 0. The summed E-state index contributed by atoms with van der Waals surface area (Å²) in [6.45, 7) is 0. The topological polar surface area (TPSA) is 21.3 Å². The summed E-state index contributed by atoms with van der Waals surface area (Å²) in [6.07, 6.45) is 0. The molecular formula is C72H48N2O. The number of para-hydroxylation sites is 4. The van der Waals surface area contributed by atoms with Crippen LogP contribution in [0, 0.1) is 0 Å². The van der Waals surface area contributed by atoms with Crippen LogP contribution in [0.5, 0.6) is 0 Å². The second-order valence-corrected chi connectivity index (χ2v) is 19.2. The van der Waals surface area contributed by atoms with Crippen molar-refractivity contribution >= 4 is 60.8 Å². The van der Waals surface area contributed by atoms with Crippen molar-refractivity contribution in [2.45, 2.75) is 0 Å². The van der Waals surface area contributed by atoms with E-state index in [0.29, 0.717) is 0 Å². The molecule has 3 nitrogen and oxygen atoms in total. The van der Waals surface area contributed by atoms with Gasteiger partial charge in [0.1, 0.15) is 11.2 Å². The minimum absolute atomic E-state index is 0.907. The molecular weight excluding hydrogens is 909 g/mol. The van der Waals surface area contributed by atoms with Gasteiger partial charge in [0.25, 0.3) is 0 Å². The van der Waals surface area contributed by atoms with Crippen LogP contribution in [0.25, 0.3) is 116 Å². The van der Waals surface area contributed by atoms with E-state index in [4.69, 9.17) is 4.42 Å². The van der Waals surface area contributed by atoms with Gasteiger partial charge in [0, 0.05) is 49.7 Å². The second kappa shape index (κ2) is 18.6. The van der Waals surface area contributed by atoms with Crippen molar-refractivity contribution in [3.63, 3.8) is 0 Å². The van der Waals surface area contributed by atoms with Crippen LogP contribution in [0.4, 0.5) is 17.1 Å². The third kappa shape index (κ3) is 7.95. The Balaban J connectivity index is 0.850. The van der Waals surface area contributed by atoms with Crippen molar-refractivity contribution in [3.8, 4) is 72.4 Å². The van der Waals surface area contributed by atoms with Gasteiger partial charge in [0.2, 0.25) is 0 Å². The van der Waals surface area contributed by atoms with Gasteiger partial charge in [-0.25, -0.2) is 0 Å². The highest BCUT2D eigenvalue weighted by molar-refractivity contribution is 6.11. The molecule has 0 atom stereocenters. The van der Waals surface area contributed by atoms with E-state index in [1.54, 1.807) is 0 Å². The molecule has 0 aliphatic carbocycles. The lowest BCUT2D eigenvalue weighted by Crippen LogP contribution is -2.10. The molecule has 0 aliphatic rings. The van der Waals surface area contributed by atoms with Gasteiger partial charge in [0.05, 0.1) is 16.7 Å². The zero-order chi connectivity index (χ0) is 49.7. The van der Waals surface area contributed by atoms with E-state index < -0.39 is 0 Å². The molecule has 0 radical (unpaired) electrons. The number of aromatic nitrogens is 1. The molecule has 0 aliphatic heterocycles. The molecule has 352 valence electrons. The van der Waals surface area contributed by atoms with Crippen molar-refractivity contribution in [2.24, 2.45) is 0 Å². The fourth-order valence-electron chi connectivity index (χ4n) is 11.1. The Morgan fingerprint density at radius 3 is 1.29 bits per heavy atom. The Morgan fingerprint density at radius 1 is 0.253 bits per heavy atom. The molecule has 0 saturated carbocycles. The van der Waals surface area contributed by atoms with Gasteiger partial charge in [-0.05, 0) is 116 Å². The lowest BCUT2D eigenvalue weighted by molar-refractivity contribution is 0.670. The Morgan fingerprint density at radius 2 is 0.667 bits per heavy atom. The monoisotopic (exact) mass is 956 g/mol. The van der Waals surface area contributed by atoms with E-state index in [0.717, 1.165) is 83.6 Å². The summed E-state index contributed by atoms with van der Waals surface area (Å²) >= 11 is 0. The molecule has 0 saturated heterocycles. The van der Waals surface area contributed by atoms with E-state index >= 15 is 0 Å². The normalized spacial score (nSPS) is 11.5. The standard InChI is InChI=1S/C72H48N2O/c1-3-15-49(16-4-1)51-29-31-54(32-30-51)57-19-13-20-61(47-57)73(59-42-37-53(38-43-59)52-33-35-56(36-34-52)63-24-14-25-67-66-23-9-12-28-71(66)75-72(63)67)60-44-39-55(40-45-60)62-46-41-58(50-17-5-2-6-18-50)48-70(62)74-68-26-10-7-21-64(68)65-22-8-11-27-69(65)74/h1-48H. The predicted octanol–water partition coefficient (Wildman–Crippen LogP) is 20.2. The lowest BCUT2D eigenvalue weighted by atomic mass is 9.97. The van der Waals surface area contributed by atoms with E-state index in [-0.39, 0.29) is 0 Å². The first-order valence-corrected chi connectivity index (χ1v) is 25.6. The van der Waals surface area contributed by atoms with Crippen LogP contribution in [0.1, 0.15) is 0 Å². The Kier molecular flexibility index (Phi) is 10.8. The molecule has 0 amide bonds. The molecule has 12 aromatic carbocycles. The molecule has 14 rings (SSSR count). The molecule has 0 fully saturated rings. The van der Waals surface area contributed by atoms with Crippen LogP contribution in [0.15, 0.2) is 296 Å². The van der Waals surface area contributed by atoms with Gasteiger partial charge >= 0.3 is 0 Å². The maximum atomic E-state index is 6.41. The molecule has 0 unspecified atom stereocenters. The van der Waals surface area contributed by atoms with Crippen molar-refractivity contribution in [2.75, 3.05) is 4.90 Å². The number of hydrogen-bond acceptors (Lipinski definition) is 2. The smallest absolute Gasteiger partial charge is 0.143 e. The third-order valence-corrected chi connectivity index (χ3v) is 14.9. The van der Waals surface area contributed by atoms with Crippen LogP contribution in [0.3, 0.4) is 0 Å². The first kappa shape index (κ1) is 43.8. The second-order valence-electron chi connectivity index (χ2n) is 19.2. The zero-order valence-electron chi connectivity index (χ0n) is 41.0. The largest absolute Gasteiger partial charge is 0.455 e. The summed E-state index contributed by atoms with van der Waals surface area (Å²) in [5.74, 6) is 0. The molecule has 0 bridgehead atoms. The average Bonchev–Trinajstić information content (AvgIpc) is 4.05. The Hall–Kier alpha value is -9.96. The highest BCUT2D eigenvalue weighted by atomic mass is 16.3. The number of fused-ring (bicyclic) bond motifs is 6. The van der Waals surface area contributed by atoms with E-state index in [9.17, 15) is 0 Å². The minimum atomic E-state index is 0.907. The molecule has 0 N–H and O–H groups in total. The number of furan rings is 1. The Bertz CT molecular complexity index is 4310. The lowest BCUT2D eigenvalue weighted by Gasteiger charge is -2.26. The summed E-state index contributed by atoms with van der Waals surface area (Å²) in [5.41, 5.74) is 22.4. The van der Waals surface area contributed by atoms with Gasteiger partial charge in [-0.1, -0.05) is 231 Å². The maximum absolute atomic E-state index is 6.41. The van der Waals surface area contributed by atoms with Gasteiger partial charge in [-0.15, -0.1) is 0 Å². The van der Waals surface area contributed by atoms with Crippen LogP contribution < -0.4 is 4.90 Å². The van der Waals surface area contributed by atoms with Crippen LogP contribution in [-0.4, -0.2) is 4.57 Å².